The number of nitrogens with one attached hydrogen (secondary N) is 1. The van der Waals surface area contributed by atoms with E-state index in [4.69, 9.17) is 4.74 Å². The Kier molecular flexibility index (Phi) is 1.88. The normalized spacial score (nSPS) is 38.3. The number of hydrogen-bond donors (Lipinski definition) is 1. The van der Waals surface area contributed by atoms with Gasteiger partial charge in [0.1, 0.15) is 0 Å². The Morgan fingerprint density at radius 1 is 1.15 bits per heavy atom. The summed E-state index contributed by atoms with van der Waals surface area (Å²) in [5.41, 5.74) is 0.752. The first-order valence-corrected chi connectivity index (χ1v) is 5.72. The van der Waals surface area contributed by atoms with Crippen LogP contribution in [0, 0.1) is 11.3 Å². The standard InChI is InChI=1S/C11H19NO/c1-4-11(5-1)8-12-10(11)9-2-6-13-7-3-9/h9-10,12H,1-8H2/t10-/m0/s1. The zero-order chi connectivity index (χ0) is 8.73. The lowest BCUT2D eigenvalue weighted by atomic mass is 9.55. The van der Waals surface area contributed by atoms with Crippen molar-refractivity contribution >= 4 is 0 Å². The molecule has 0 unspecified atom stereocenters. The van der Waals surface area contributed by atoms with Gasteiger partial charge in [-0.05, 0) is 37.0 Å². The summed E-state index contributed by atoms with van der Waals surface area (Å²) in [6, 6.07) is 0.852. The summed E-state index contributed by atoms with van der Waals surface area (Å²) in [5.74, 6) is 0.919. The molecule has 0 bridgehead atoms. The first-order valence-electron chi connectivity index (χ1n) is 5.72. The predicted octanol–water partition coefficient (Wildman–Crippen LogP) is 1.56. The fourth-order valence-corrected chi connectivity index (χ4v) is 3.34. The Morgan fingerprint density at radius 2 is 1.92 bits per heavy atom. The van der Waals surface area contributed by atoms with Crippen LogP contribution in [0.4, 0.5) is 0 Å². The average molecular weight is 181 g/mol. The molecule has 1 spiro atoms. The van der Waals surface area contributed by atoms with Crippen LogP contribution in [-0.2, 0) is 4.74 Å². The van der Waals surface area contributed by atoms with E-state index in [-0.39, 0.29) is 0 Å². The second-order valence-electron chi connectivity index (χ2n) is 5.02. The van der Waals surface area contributed by atoms with E-state index in [0.29, 0.717) is 0 Å². The van der Waals surface area contributed by atoms with Crippen molar-refractivity contribution in [1.82, 2.24) is 5.32 Å². The van der Waals surface area contributed by atoms with Crippen molar-refractivity contribution in [3.63, 3.8) is 0 Å². The van der Waals surface area contributed by atoms with Crippen molar-refractivity contribution in [1.29, 1.82) is 0 Å². The van der Waals surface area contributed by atoms with E-state index in [9.17, 15) is 0 Å². The zero-order valence-corrected chi connectivity index (χ0v) is 8.22. The molecule has 1 atom stereocenters. The lowest BCUT2D eigenvalue weighted by Gasteiger charge is -2.59. The van der Waals surface area contributed by atoms with Gasteiger partial charge in [-0.1, -0.05) is 6.42 Å². The highest BCUT2D eigenvalue weighted by Crippen LogP contribution is 2.51. The summed E-state index contributed by atoms with van der Waals surface area (Å²) >= 11 is 0. The zero-order valence-electron chi connectivity index (χ0n) is 8.22. The van der Waals surface area contributed by atoms with Crippen LogP contribution in [0.15, 0.2) is 0 Å². The smallest absolute Gasteiger partial charge is 0.0469 e. The molecule has 13 heavy (non-hydrogen) atoms. The van der Waals surface area contributed by atoms with Crippen LogP contribution in [0.1, 0.15) is 32.1 Å². The van der Waals surface area contributed by atoms with E-state index in [1.54, 1.807) is 0 Å². The lowest BCUT2D eigenvalue weighted by Crippen LogP contribution is -2.68. The van der Waals surface area contributed by atoms with Gasteiger partial charge < -0.3 is 10.1 Å². The molecule has 1 N–H and O–H groups in total. The minimum atomic E-state index is 0.752. The van der Waals surface area contributed by atoms with Gasteiger partial charge in [0.05, 0.1) is 0 Å². The quantitative estimate of drug-likeness (QED) is 0.663. The highest BCUT2D eigenvalue weighted by Gasteiger charge is 2.53. The summed E-state index contributed by atoms with van der Waals surface area (Å²) in [6.07, 6.45) is 7.03. The Labute approximate surface area is 80.0 Å². The van der Waals surface area contributed by atoms with Gasteiger partial charge in [0.15, 0.2) is 0 Å². The Morgan fingerprint density at radius 3 is 2.38 bits per heavy atom. The van der Waals surface area contributed by atoms with Gasteiger partial charge in [-0.2, -0.15) is 0 Å². The van der Waals surface area contributed by atoms with Crippen LogP contribution < -0.4 is 5.32 Å². The van der Waals surface area contributed by atoms with Crippen molar-refractivity contribution < 1.29 is 4.74 Å². The molecule has 3 rings (SSSR count). The fraction of sp³-hybridized carbons (Fsp3) is 1.00. The first kappa shape index (κ1) is 8.25. The van der Waals surface area contributed by atoms with Crippen LogP contribution in [0.25, 0.3) is 0 Å². The Bertz CT molecular complexity index is 189. The molecule has 2 heteroatoms. The predicted molar refractivity (Wildman–Crippen MR) is 51.6 cm³/mol. The molecule has 2 nitrogen and oxygen atoms in total. The molecule has 74 valence electrons. The van der Waals surface area contributed by atoms with Crippen LogP contribution >= 0.6 is 0 Å². The SMILES string of the molecule is C1CC2(C1)CN[C@H]2C1CCOCC1. The summed E-state index contributed by atoms with van der Waals surface area (Å²) in [6.45, 7) is 3.30. The molecule has 0 aromatic heterocycles. The maximum absolute atomic E-state index is 5.41. The minimum Gasteiger partial charge on any atom is -0.381 e. The molecule has 2 aliphatic heterocycles. The summed E-state index contributed by atoms with van der Waals surface area (Å²) < 4.78 is 5.41. The van der Waals surface area contributed by atoms with Gasteiger partial charge in [0.25, 0.3) is 0 Å². The topological polar surface area (TPSA) is 21.3 Å². The molecule has 2 saturated heterocycles. The largest absolute Gasteiger partial charge is 0.381 e. The molecule has 0 aromatic rings. The Hall–Kier alpha value is -0.0800. The maximum atomic E-state index is 5.41. The van der Waals surface area contributed by atoms with Crippen molar-refractivity contribution in [2.75, 3.05) is 19.8 Å². The molecule has 3 fully saturated rings. The van der Waals surface area contributed by atoms with Gasteiger partial charge in [-0.3, -0.25) is 0 Å². The average Bonchev–Trinajstić information content (AvgIpc) is 2.01. The third-order valence-corrected chi connectivity index (χ3v) is 4.42. The highest BCUT2D eigenvalue weighted by molar-refractivity contribution is 5.08. The molecule has 0 aromatic carbocycles. The molecular weight excluding hydrogens is 162 g/mol. The van der Waals surface area contributed by atoms with Gasteiger partial charge in [-0.15, -0.1) is 0 Å². The molecule has 2 heterocycles. The van der Waals surface area contributed by atoms with Gasteiger partial charge in [0.2, 0.25) is 0 Å². The fourth-order valence-electron chi connectivity index (χ4n) is 3.34. The molecular formula is C11H19NO. The van der Waals surface area contributed by atoms with Crippen molar-refractivity contribution in [2.24, 2.45) is 11.3 Å². The van der Waals surface area contributed by atoms with E-state index in [2.05, 4.69) is 5.32 Å². The van der Waals surface area contributed by atoms with E-state index in [1.165, 1.54) is 38.6 Å². The van der Waals surface area contributed by atoms with E-state index < -0.39 is 0 Å². The molecule has 3 aliphatic rings. The first-order chi connectivity index (χ1) is 6.41. The van der Waals surface area contributed by atoms with Crippen molar-refractivity contribution in [3.8, 4) is 0 Å². The second-order valence-corrected chi connectivity index (χ2v) is 5.02. The monoisotopic (exact) mass is 181 g/mol. The van der Waals surface area contributed by atoms with E-state index in [0.717, 1.165) is 30.6 Å². The summed E-state index contributed by atoms with van der Waals surface area (Å²) in [5, 5.41) is 3.65. The maximum Gasteiger partial charge on any atom is 0.0469 e. The van der Waals surface area contributed by atoms with Crippen LogP contribution in [0.2, 0.25) is 0 Å². The van der Waals surface area contributed by atoms with Crippen LogP contribution in [-0.4, -0.2) is 25.8 Å². The summed E-state index contributed by atoms with van der Waals surface area (Å²) in [7, 11) is 0. The number of rotatable bonds is 1. The Balaban J connectivity index is 1.64. The molecule has 1 saturated carbocycles. The third-order valence-electron chi connectivity index (χ3n) is 4.42. The van der Waals surface area contributed by atoms with Crippen molar-refractivity contribution in [2.45, 2.75) is 38.1 Å². The second kappa shape index (κ2) is 2.96. The molecule has 0 radical (unpaired) electrons. The minimum absolute atomic E-state index is 0.752. The number of hydrogen-bond acceptors (Lipinski definition) is 2. The summed E-state index contributed by atoms with van der Waals surface area (Å²) in [4.78, 5) is 0. The van der Waals surface area contributed by atoms with Gasteiger partial charge in [0, 0.05) is 25.8 Å². The lowest BCUT2D eigenvalue weighted by molar-refractivity contribution is -0.0621. The van der Waals surface area contributed by atoms with Gasteiger partial charge >= 0.3 is 0 Å². The third kappa shape index (κ3) is 1.15. The van der Waals surface area contributed by atoms with Gasteiger partial charge in [-0.25, -0.2) is 0 Å². The number of ether oxygens (including phenoxy) is 1. The molecule has 1 aliphatic carbocycles. The van der Waals surface area contributed by atoms with E-state index in [1.807, 2.05) is 0 Å². The van der Waals surface area contributed by atoms with Crippen molar-refractivity contribution in [3.05, 3.63) is 0 Å². The van der Waals surface area contributed by atoms with Crippen LogP contribution in [0.3, 0.4) is 0 Å². The van der Waals surface area contributed by atoms with E-state index >= 15 is 0 Å². The highest BCUT2D eigenvalue weighted by atomic mass is 16.5. The molecule has 0 amide bonds. The van der Waals surface area contributed by atoms with Crippen LogP contribution in [0.5, 0.6) is 0 Å².